The van der Waals surface area contributed by atoms with E-state index < -0.39 is 6.36 Å². The summed E-state index contributed by atoms with van der Waals surface area (Å²) in [5.41, 5.74) is 0.443. The highest BCUT2D eigenvalue weighted by Crippen LogP contribution is 2.47. The van der Waals surface area contributed by atoms with Crippen molar-refractivity contribution in [3.8, 4) is 5.75 Å². The molecule has 1 aromatic carbocycles. The van der Waals surface area contributed by atoms with Crippen molar-refractivity contribution in [1.29, 1.82) is 0 Å². The average Bonchev–Trinajstić information content (AvgIpc) is 3.24. The predicted octanol–water partition coefficient (Wildman–Crippen LogP) is 3.58. The molecule has 2 aromatic rings. The molecule has 2 aliphatic rings. The third-order valence-corrected chi connectivity index (χ3v) is 6.03. The Morgan fingerprint density at radius 1 is 1.23 bits per heavy atom. The van der Waals surface area contributed by atoms with Gasteiger partial charge in [-0.25, -0.2) is 0 Å². The van der Waals surface area contributed by atoms with Crippen molar-refractivity contribution in [2.75, 3.05) is 26.7 Å². The highest BCUT2D eigenvalue weighted by Gasteiger charge is 2.46. The van der Waals surface area contributed by atoms with Crippen molar-refractivity contribution < 1.29 is 27.2 Å². The van der Waals surface area contributed by atoms with Crippen molar-refractivity contribution >= 4 is 5.91 Å². The van der Waals surface area contributed by atoms with Gasteiger partial charge in [-0.3, -0.25) is 9.69 Å². The van der Waals surface area contributed by atoms with Crippen LogP contribution in [0.1, 0.15) is 47.4 Å². The minimum absolute atomic E-state index is 0.0924. The van der Waals surface area contributed by atoms with E-state index in [4.69, 9.17) is 4.52 Å². The number of aryl methyl sites for hydroxylation is 1. The number of rotatable bonds is 3. The maximum Gasteiger partial charge on any atom is 0.573 e. The Balaban J connectivity index is 1.37. The molecule has 1 amide bonds. The lowest BCUT2D eigenvalue weighted by Gasteiger charge is -2.39. The Morgan fingerprint density at radius 3 is 2.47 bits per heavy atom. The third kappa shape index (κ3) is 4.28. The Bertz CT molecular complexity index is 905. The quantitative estimate of drug-likeness (QED) is 0.750. The van der Waals surface area contributed by atoms with Gasteiger partial charge in [0.05, 0.1) is 6.04 Å². The second kappa shape index (κ2) is 7.57. The van der Waals surface area contributed by atoms with Crippen LogP contribution in [0.25, 0.3) is 0 Å². The first kappa shape index (κ1) is 20.6. The highest BCUT2D eigenvalue weighted by molar-refractivity contribution is 5.94. The minimum Gasteiger partial charge on any atom is -0.406 e. The molecule has 1 unspecified atom stereocenters. The van der Waals surface area contributed by atoms with Crippen molar-refractivity contribution in [3.63, 3.8) is 0 Å². The van der Waals surface area contributed by atoms with E-state index in [1.807, 2.05) is 7.05 Å². The zero-order chi connectivity index (χ0) is 21.5. The maximum atomic E-state index is 12.8. The van der Waals surface area contributed by atoms with Crippen LogP contribution in [0.4, 0.5) is 13.2 Å². The van der Waals surface area contributed by atoms with E-state index in [1.54, 1.807) is 11.8 Å². The highest BCUT2D eigenvalue weighted by atomic mass is 19.4. The molecular weight excluding hydrogens is 401 g/mol. The number of benzene rings is 1. The van der Waals surface area contributed by atoms with Gasteiger partial charge in [-0.1, -0.05) is 5.16 Å². The van der Waals surface area contributed by atoms with E-state index in [9.17, 15) is 18.0 Å². The Morgan fingerprint density at radius 2 is 1.90 bits per heavy atom. The SMILES string of the molecule is Cc1nc(C2CC3(CCN(C(=O)c4ccc(OC(F)(F)F)cc4)CC3)CN2C)no1. The summed E-state index contributed by atoms with van der Waals surface area (Å²) in [4.78, 5) is 21.1. The molecule has 0 bridgehead atoms. The second-order valence-corrected chi connectivity index (χ2v) is 8.17. The minimum atomic E-state index is -4.75. The fourth-order valence-corrected chi connectivity index (χ4v) is 4.54. The van der Waals surface area contributed by atoms with Gasteiger partial charge in [-0.15, -0.1) is 13.2 Å². The van der Waals surface area contributed by atoms with Crippen LogP contribution in [0.5, 0.6) is 5.75 Å². The Labute approximate surface area is 171 Å². The van der Waals surface area contributed by atoms with E-state index in [0.29, 0.717) is 30.4 Å². The van der Waals surface area contributed by atoms with Crippen LogP contribution in [0.3, 0.4) is 0 Å². The van der Waals surface area contributed by atoms with Gasteiger partial charge in [0.1, 0.15) is 5.75 Å². The molecule has 30 heavy (non-hydrogen) atoms. The maximum absolute atomic E-state index is 12.8. The van der Waals surface area contributed by atoms with Gasteiger partial charge < -0.3 is 14.2 Å². The zero-order valence-electron chi connectivity index (χ0n) is 16.8. The molecule has 7 nitrogen and oxygen atoms in total. The van der Waals surface area contributed by atoms with Crippen LogP contribution >= 0.6 is 0 Å². The number of aromatic nitrogens is 2. The number of nitrogens with zero attached hydrogens (tertiary/aromatic N) is 4. The largest absolute Gasteiger partial charge is 0.573 e. The molecule has 10 heteroatoms. The van der Waals surface area contributed by atoms with Gasteiger partial charge in [0.15, 0.2) is 5.82 Å². The molecule has 1 atom stereocenters. The summed E-state index contributed by atoms with van der Waals surface area (Å²) >= 11 is 0. The van der Waals surface area contributed by atoms with E-state index in [1.165, 1.54) is 12.1 Å². The molecule has 0 N–H and O–H groups in total. The molecule has 2 aliphatic heterocycles. The van der Waals surface area contributed by atoms with Gasteiger partial charge in [-0.2, -0.15) is 4.98 Å². The Kier molecular flexibility index (Phi) is 5.21. The van der Waals surface area contributed by atoms with Crippen LogP contribution in [-0.2, 0) is 0 Å². The number of halogens is 3. The lowest BCUT2D eigenvalue weighted by Crippen LogP contribution is -2.44. The summed E-state index contributed by atoms with van der Waals surface area (Å²) in [5, 5.41) is 4.07. The third-order valence-electron chi connectivity index (χ3n) is 6.03. The molecule has 0 radical (unpaired) electrons. The molecule has 2 saturated heterocycles. The van der Waals surface area contributed by atoms with Crippen LogP contribution in [0.2, 0.25) is 0 Å². The van der Waals surface area contributed by atoms with Crippen molar-refractivity contribution in [2.24, 2.45) is 5.41 Å². The number of alkyl halides is 3. The first-order valence-corrected chi connectivity index (χ1v) is 9.80. The number of piperidine rings is 1. The number of likely N-dealkylation sites (tertiary alicyclic amines) is 2. The molecule has 1 spiro atoms. The molecule has 0 aliphatic carbocycles. The number of hydrogen-bond donors (Lipinski definition) is 0. The smallest absolute Gasteiger partial charge is 0.406 e. The van der Waals surface area contributed by atoms with E-state index in [0.717, 1.165) is 37.9 Å². The van der Waals surface area contributed by atoms with Gasteiger partial charge >= 0.3 is 6.36 Å². The van der Waals surface area contributed by atoms with Gasteiger partial charge in [0, 0.05) is 32.1 Å². The molecule has 1 aromatic heterocycles. The zero-order valence-corrected chi connectivity index (χ0v) is 16.8. The summed E-state index contributed by atoms with van der Waals surface area (Å²) < 4.78 is 45.8. The van der Waals surface area contributed by atoms with Gasteiger partial charge in [0.2, 0.25) is 5.89 Å². The van der Waals surface area contributed by atoms with Gasteiger partial charge in [0.25, 0.3) is 5.91 Å². The first-order valence-electron chi connectivity index (χ1n) is 9.80. The lowest BCUT2D eigenvalue weighted by molar-refractivity contribution is -0.274. The molecular formula is C20H23F3N4O3. The normalized spacial score (nSPS) is 21.9. The number of carbonyl (C=O) groups is 1. The predicted molar refractivity (Wildman–Crippen MR) is 99.7 cm³/mol. The van der Waals surface area contributed by atoms with E-state index in [2.05, 4.69) is 19.8 Å². The average molecular weight is 424 g/mol. The van der Waals surface area contributed by atoms with Crippen molar-refractivity contribution in [3.05, 3.63) is 41.5 Å². The lowest BCUT2D eigenvalue weighted by atomic mass is 9.76. The number of amides is 1. The topological polar surface area (TPSA) is 71.7 Å². The standard InChI is InChI=1S/C20H23F3N4O3/c1-13-24-17(25-30-13)16-11-19(12-26(16)2)7-9-27(10-8-19)18(28)14-3-5-15(6-4-14)29-20(21,22)23/h3-6,16H,7-12H2,1-2H3. The second-order valence-electron chi connectivity index (χ2n) is 8.17. The number of ether oxygens (including phenoxy) is 1. The fraction of sp³-hybridized carbons (Fsp3) is 0.550. The number of hydrogen-bond acceptors (Lipinski definition) is 6. The molecule has 0 saturated carbocycles. The monoisotopic (exact) mass is 424 g/mol. The van der Waals surface area contributed by atoms with E-state index in [-0.39, 0.29) is 23.1 Å². The van der Waals surface area contributed by atoms with Crippen LogP contribution in [0.15, 0.2) is 28.8 Å². The molecule has 3 heterocycles. The fourth-order valence-electron chi connectivity index (χ4n) is 4.54. The van der Waals surface area contributed by atoms with Crippen LogP contribution < -0.4 is 4.74 Å². The molecule has 162 valence electrons. The van der Waals surface area contributed by atoms with Crippen LogP contribution in [-0.4, -0.2) is 58.9 Å². The summed E-state index contributed by atoms with van der Waals surface area (Å²) in [7, 11) is 2.05. The first-order chi connectivity index (χ1) is 14.1. The Hall–Kier alpha value is -2.62. The molecule has 2 fully saturated rings. The van der Waals surface area contributed by atoms with E-state index >= 15 is 0 Å². The summed E-state index contributed by atoms with van der Waals surface area (Å²) in [6.07, 6.45) is -2.13. The van der Waals surface area contributed by atoms with Gasteiger partial charge in [-0.05, 0) is 56.0 Å². The van der Waals surface area contributed by atoms with Crippen LogP contribution in [0, 0.1) is 12.3 Å². The summed E-state index contributed by atoms with van der Waals surface area (Å²) in [5.74, 6) is 0.728. The summed E-state index contributed by atoms with van der Waals surface area (Å²) in [6, 6.07) is 5.16. The van der Waals surface area contributed by atoms with Crippen molar-refractivity contribution in [1.82, 2.24) is 19.9 Å². The number of carbonyl (C=O) groups excluding carboxylic acids is 1. The molecule has 4 rings (SSSR count). The summed E-state index contributed by atoms with van der Waals surface area (Å²) in [6.45, 7) is 3.88. The van der Waals surface area contributed by atoms with Crippen molar-refractivity contribution in [2.45, 2.75) is 38.6 Å².